The highest BCUT2D eigenvalue weighted by Gasteiger charge is 2.66. The Balaban J connectivity index is 2.71. The van der Waals surface area contributed by atoms with Crippen molar-refractivity contribution >= 4 is 17.8 Å². The smallest absolute Gasteiger partial charge is 0.307 e. The minimum Gasteiger partial charge on any atom is -0.481 e. The zero-order chi connectivity index (χ0) is 16.2. The molecule has 0 aromatic heterocycles. The second-order valence-corrected chi connectivity index (χ2v) is 6.22. The lowest BCUT2D eigenvalue weighted by molar-refractivity contribution is -0.142. The number of rotatable bonds is 8. The summed E-state index contributed by atoms with van der Waals surface area (Å²) in [6.45, 7) is 8.52. The van der Waals surface area contributed by atoms with Crippen LogP contribution in [0.2, 0.25) is 0 Å². The van der Waals surface area contributed by atoms with Gasteiger partial charge in [-0.2, -0.15) is 0 Å². The molecule has 0 unspecified atom stereocenters. The van der Waals surface area contributed by atoms with Crippen molar-refractivity contribution in [3.05, 3.63) is 0 Å². The number of carboxylic acid groups (broad SMARTS) is 1. The van der Waals surface area contributed by atoms with E-state index in [1.807, 2.05) is 13.8 Å². The molecule has 0 bridgehead atoms. The van der Waals surface area contributed by atoms with Crippen LogP contribution in [0.1, 0.15) is 40.5 Å². The second kappa shape index (κ2) is 6.91. The highest BCUT2D eigenvalue weighted by atomic mass is 16.4. The molecule has 1 fully saturated rings. The lowest BCUT2D eigenvalue weighted by Crippen LogP contribution is -2.42. The average Bonchev–Trinajstić information content (AvgIpc) is 2.98. The fraction of sp³-hybridized carbons (Fsp3) is 0.800. The topological polar surface area (TPSA) is 86.7 Å². The van der Waals surface area contributed by atoms with E-state index in [4.69, 9.17) is 5.11 Å². The zero-order valence-corrected chi connectivity index (χ0v) is 13.3. The van der Waals surface area contributed by atoms with Crippen molar-refractivity contribution in [3.63, 3.8) is 0 Å². The highest BCUT2D eigenvalue weighted by Crippen LogP contribution is 2.59. The molecule has 0 radical (unpaired) electrons. The van der Waals surface area contributed by atoms with Crippen LogP contribution in [0.25, 0.3) is 0 Å². The van der Waals surface area contributed by atoms with Crippen LogP contribution >= 0.6 is 0 Å². The van der Waals surface area contributed by atoms with Crippen LogP contribution in [0.3, 0.4) is 0 Å². The third kappa shape index (κ3) is 3.95. The van der Waals surface area contributed by atoms with E-state index in [1.54, 1.807) is 13.8 Å². The van der Waals surface area contributed by atoms with Gasteiger partial charge in [-0.05, 0) is 18.3 Å². The number of carboxylic acids is 1. The van der Waals surface area contributed by atoms with E-state index in [0.717, 1.165) is 12.8 Å². The first-order chi connectivity index (χ1) is 9.77. The number of nitrogens with one attached hydrogen (secondary N) is 1. The number of aliphatic carboxylic acids is 1. The fourth-order valence-electron chi connectivity index (χ4n) is 2.79. The molecule has 0 spiro atoms. The standard InChI is InChI=1S/C15H26N2O4/c1-5-7-16-10(18)9-17(8-6-2)13(19)11-12(14(20)21)15(11,3)4/h11-12H,5-9H2,1-4H3,(H,16,18)(H,20,21)/t11-,12+/m1/s1. The van der Waals surface area contributed by atoms with Crippen molar-refractivity contribution in [2.45, 2.75) is 40.5 Å². The molecule has 6 nitrogen and oxygen atoms in total. The van der Waals surface area contributed by atoms with Crippen molar-refractivity contribution in [2.24, 2.45) is 17.3 Å². The molecule has 6 heteroatoms. The van der Waals surface area contributed by atoms with Crippen LogP contribution in [0.5, 0.6) is 0 Å². The Kier molecular flexibility index (Phi) is 5.75. The Labute approximate surface area is 125 Å². The van der Waals surface area contributed by atoms with Gasteiger partial charge < -0.3 is 15.3 Å². The lowest BCUT2D eigenvalue weighted by Gasteiger charge is -2.22. The Morgan fingerprint density at radius 2 is 1.76 bits per heavy atom. The van der Waals surface area contributed by atoms with Gasteiger partial charge in [0.2, 0.25) is 11.8 Å². The Bertz CT molecular complexity index is 420. The average molecular weight is 298 g/mol. The van der Waals surface area contributed by atoms with Gasteiger partial charge in [0.25, 0.3) is 0 Å². The maximum Gasteiger partial charge on any atom is 0.307 e. The van der Waals surface area contributed by atoms with E-state index in [1.165, 1.54) is 4.90 Å². The normalized spacial score (nSPS) is 22.5. The summed E-state index contributed by atoms with van der Waals surface area (Å²) < 4.78 is 0. The van der Waals surface area contributed by atoms with Gasteiger partial charge in [-0.1, -0.05) is 27.7 Å². The van der Waals surface area contributed by atoms with E-state index >= 15 is 0 Å². The van der Waals surface area contributed by atoms with E-state index in [2.05, 4.69) is 5.32 Å². The van der Waals surface area contributed by atoms with Gasteiger partial charge in [-0.15, -0.1) is 0 Å². The quantitative estimate of drug-likeness (QED) is 0.703. The monoisotopic (exact) mass is 298 g/mol. The van der Waals surface area contributed by atoms with Gasteiger partial charge in [-0.25, -0.2) is 0 Å². The lowest BCUT2D eigenvalue weighted by atomic mass is 10.1. The minimum absolute atomic E-state index is 0.00555. The SMILES string of the molecule is CCCNC(=O)CN(CCC)C(=O)[C@H]1[C@@H](C(=O)O)C1(C)C. The molecule has 120 valence electrons. The van der Waals surface area contributed by atoms with Crippen LogP contribution in [0, 0.1) is 17.3 Å². The summed E-state index contributed by atoms with van der Waals surface area (Å²) in [5, 5.41) is 11.9. The van der Waals surface area contributed by atoms with E-state index in [-0.39, 0.29) is 18.4 Å². The molecule has 2 N–H and O–H groups in total. The summed E-state index contributed by atoms with van der Waals surface area (Å²) in [5.74, 6) is -2.53. The molecule has 0 aromatic carbocycles. The first-order valence-electron chi connectivity index (χ1n) is 7.55. The predicted octanol–water partition coefficient (Wildman–Crippen LogP) is 1.11. The van der Waals surface area contributed by atoms with Crippen molar-refractivity contribution < 1.29 is 19.5 Å². The molecule has 2 atom stereocenters. The minimum atomic E-state index is -0.940. The zero-order valence-electron chi connectivity index (χ0n) is 13.3. The fourth-order valence-corrected chi connectivity index (χ4v) is 2.79. The molecule has 1 rings (SSSR count). The van der Waals surface area contributed by atoms with Crippen LogP contribution in [-0.2, 0) is 14.4 Å². The van der Waals surface area contributed by atoms with E-state index in [9.17, 15) is 14.4 Å². The Hall–Kier alpha value is -1.59. The third-order valence-electron chi connectivity index (χ3n) is 4.07. The van der Waals surface area contributed by atoms with Gasteiger partial charge >= 0.3 is 5.97 Å². The van der Waals surface area contributed by atoms with Crippen LogP contribution in [0.4, 0.5) is 0 Å². The summed E-state index contributed by atoms with van der Waals surface area (Å²) >= 11 is 0. The number of amides is 2. The summed E-state index contributed by atoms with van der Waals surface area (Å²) in [4.78, 5) is 37.0. The number of nitrogens with zero attached hydrogens (tertiary/aromatic N) is 1. The molecule has 1 saturated carbocycles. The number of hydrogen-bond donors (Lipinski definition) is 2. The molecule has 1 aliphatic carbocycles. The van der Waals surface area contributed by atoms with Crippen molar-refractivity contribution in [1.82, 2.24) is 10.2 Å². The Morgan fingerprint density at radius 1 is 1.14 bits per heavy atom. The third-order valence-corrected chi connectivity index (χ3v) is 4.07. The van der Waals surface area contributed by atoms with Gasteiger partial charge in [0.15, 0.2) is 0 Å². The largest absolute Gasteiger partial charge is 0.481 e. The molecule has 0 heterocycles. The van der Waals surface area contributed by atoms with Crippen molar-refractivity contribution in [2.75, 3.05) is 19.6 Å². The van der Waals surface area contributed by atoms with Gasteiger partial charge in [0.1, 0.15) is 0 Å². The van der Waals surface area contributed by atoms with Crippen molar-refractivity contribution in [3.8, 4) is 0 Å². The van der Waals surface area contributed by atoms with Crippen molar-refractivity contribution in [1.29, 1.82) is 0 Å². The first kappa shape index (κ1) is 17.5. The van der Waals surface area contributed by atoms with Crippen LogP contribution in [-0.4, -0.2) is 47.4 Å². The molecular formula is C15H26N2O4. The van der Waals surface area contributed by atoms with E-state index in [0.29, 0.717) is 13.1 Å². The summed E-state index contributed by atoms with van der Waals surface area (Å²) in [6.07, 6.45) is 1.57. The van der Waals surface area contributed by atoms with Gasteiger partial charge in [-0.3, -0.25) is 14.4 Å². The van der Waals surface area contributed by atoms with Gasteiger partial charge in [0.05, 0.1) is 18.4 Å². The number of carbonyl (C=O) groups is 3. The van der Waals surface area contributed by atoms with E-state index < -0.39 is 23.2 Å². The van der Waals surface area contributed by atoms with Gasteiger partial charge in [0, 0.05) is 13.1 Å². The predicted molar refractivity (Wildman–Crippen MR) is 78.6 cm³/mol. The number of carbonyl (C=O) groups excluding carboxylic acids is 2. The second-order valence-electron chi connectivity index (χ2n) is 6.22. The summed E-state index contributed by atoms with van der Waals surface area (Å²) in [7, 11) is 0. The van der Waals surface area contributed by atoms with Crippen LogP contribution in [0.15, 0.2) is 0 Å². The molecular weight excluding hydrogens is 272 g/mol. The molecule has 0 saturated heterocycles. The first-order valence-corrected chi connectivity index (χ1v) is 7.55. The number of hydrogen-bond acceptors (Lipinski definition) is 3. The molecule has 21 heavy (non-hydrogen) atoms. The summed E-state index contributed by atoms with van der Waals surface area (Å²) in [6, 6.07) is 0. The van der Waals surface area contributed by atoms with Crippen LogP contribution < -0.4 is 5.32 Å². The molecule has 0 aromatic rings. The molecule has 0 aliphatic heterocycles. The Morgan fingerprint density at radius 3 is 2.19 bits per heavy atom. The molecule has 1 aliphatic rings. The highest BCUT2D eigenvalue weighted by molar-refractivity contribution is 5.93. The molecule has 2 amide bonds. The maximum atomic E-state index is 12.5. The summed E-state index contributed by atoms with van der Waals surface area (Å²) in [5.41, 5.74) is -0.533. The maximum absolute atomic E-state index is 12.5.